The normalized spacial score (nSPS) is 14.4. The molecule has 0 bridgehead atoms. The van der Waals surface area contributed by atoms with Gasteiger partial charge in [-0.2, -0.15) is 5.26 Å². The summed E-state index contributed by atoms with van der Waals surface area (Å²) < 4.78 is 0. The Bertz CT molecular complexity index is 827. The van der Waals surface area contributed by atoms with Gasteiger partial charge < -0.3 is 0 Å². The van der Waals surface area contributed by atoms with E-state index in [0.717, 1.165) is 36.4 Å². The van der Waals surface area contributed by atoms with Crippen LogP contribution in [0.1, 0.15) is 48.0 Å². The van der Waals surface area contributed by atoms with Crippen molar-refractivity contribution in [2.24, 2.45) is 0 Å². The fraction of sp³-hybridized carbons (Fsp3) is 0.471. The number of aromatic nitrogens is 3. The van der Waals surface area contributed by atoms with Gasteiger partial charge >= 0.3 is 0 Å². The van der Waals surface area contributed by atoms with Crippen LogP contribution in [0.4, 0.5) is 5.13 Å². The minimum absolute atomic E-state index is 0.132. The first-order valence-electron chi connectivity index (χ1n) is 8.31. The standard InChI is InChI=1S/C17H19N5OS2/c1-3-14(15(23)20-17-22-21-10(2)24-17)25-16-12(9-18)8-11-6-4-5-7-13(11)19-16/h8,14H,3-7H2,1-2H3,(H,20,22,23). The van der Waals surface area contributed by atoms with Crippen molar-refractivity contribution in [2.75, 3.05) is 5.32 Å². The van der Waals surface area contributed by atoms with Gasteiger partial charge in [0.1, 0.15) is 16.1 Å². The van der Waals surface area contributed by atoms with Crippen LogP contribution in [0.3, 0.4) is 0 Å². The number of pyridine rings is 1. The quantitative estimate of drug-likeness (QED) is 0.807. The van der Waals surface area contributed by atoms with Gasteiger partial charge in [-0.3, -0.25) is 10.1 Å². The third kappa shape index (κ3) is 4.17. The summed E-state index contributed by atoms with van der Waals surface area (Å²) in [7, 11) is 0. The average molecular weight is 374 g/mol. The molecule has 0 aromatic carbocycles. The SMILES string of the molecule is CCC(Sc1nc2c(cc1C#N)CCCC2)C(=O)Nc1nnc(C)s1. The van der Waals surface area contributed by atoms with Crippen molar-refractivity contribution in [1.29, 1.82) is 5.26 Å². The second-order valence-electron chi connectivity index (χ2n) is 5.90. The van der Waals surface area contributed by atoms with Crippen molar-refractivity contribution in [2.45, 2.75) is 56.2 Å². The van der Waals surface area contributed by atoms with Crippen LogP contribution in [0.25, 0.3) is 0 Å². The second-order valence-corrected chi connectivity index (χ2v) is 8.27. The third-order valence-electron chi connectivity index (χ3n) is 4.06. The molecule has 0 saturated carbocycles. The smallest absolute Gasteiger partial charge is 0.239 e. The molecule has 1 atom stereocenters. The maximum atomic E-state index is 12.5. The van der Waals surface area contributed by atoms with E-state index in [1.165, 1.54) is 28.7 Å². The molecule has 2 aromatic heterocycles. The number of aryl methyl sites for hydroxylation is 3. The number of carbonyl (C=O) groups is 1. The lowest BCUT2D eigenvalue weighted by atomic mass is 9.95. The Morgan fingerprint density at radius 3 is 2.92 bits per heavy atom. The summed E-state index contributed by atoms with van der Waals surface area (Å²) in [6, 6.07) is 4.18. The zero-order valence-electron chi connectivity index (χ0n) is 14.2. The van der Waals surface area contributed by atoms with Crippen LogP contribution in [-0.4, -0.2) is 26.3 Å². The molecule has 2 heterocycles. The molecule has 0 saturated heterocycles. The highest BCUT2D eigenvalue weighted by atomic mass is 32.2. The van der Waals surface area contributed by atoms with Gasteiger partial charge in [0, 0.05) is 5.69 Å². The third-order valence-corrected chi connectivity index (χ3v) is 6.18. The van der Waals surface area contributed by atoms with Crippen LogP contribution in [0.5, 0.6) is 0 Å². The largest absolute Gasteiger partial charge is 0.300 e. The number of rotatable bonds is 5. The molecule has 1 aliphatic rings. The van der Waals surface area contributed by atoms with E-state index in [9.17, 15) is 10.1 Å². The summed E-state index contributed by atoms with van der Waals surface area (Å²) >= 11 is 2.70. The molecule has 6 nitrogen and oxygen atoms in total. The Balaban J connectivity index is 1.79. The number of amides is 1. The number of anilines is 1. The lowest BCUT2D eigenvalue weighted by molar-refractivity contribution is -0.115. The van der Waals surface area contributed by atoms with Crippen molar-refractivity contribution in [3.05, 3.63) is 27.9 Å². The molecule has 0 aliphatic heterocycles. The minimum Gasteiger partial charge on any atom is -0.300 e. The molecule has 8 heteroatoms. The molecule has 1 unspecified atom stereocenters. The highest BCUT2D eigenvalue weighted by Crippen LogP contribution is 2.31. The summed E-state index contributed by atoms with van der Waals surface area (Å²) in [6.07, 6.45) is 4.84. The average Bonchev–Trinajstić information content (AvgIpc) is 3.03. The van der Waals surface area contributed by atoms with E-state index in [1.807, 2.05) is 19.9 Å². The van der Waals surface area contributed by atoms with Gasteiger partial charge in [0.2, 0.25) is 11.0 Å². The second kappa shape index (κ2) is 7.93. The maximum Gasteiger partial charge on any atom is 0.239 e. The first-order valence-corrected chi connectivity index (χ1v) is 10.0. The molecular weight excluding hydrogens is 354 g/mol. The zero-order valence-corrected chi connectivity index (χ0v) is 15.8. The monoisotopic (exact) mass is 373 g/mol. The van der Waals surface area contributed by atoms with Gasteiger partial charge in [-0.05, 0) is 50.7 Å². The van der Waals surface area contributed by atoms with Gasteiger partial charge in [-0.15, -0.1) is 10.2 Å². The first-order chi connectivity index (χ1) is 12.1. The molecule has 130 valence electrons. The summed E-state index contributed by atoms with van der Waals surface area (Å²) in [4.78, 5) is 17.2. The molecular formula is C17H19N5OS2. The Labute approximate surface area is 155 Å². The summed E-state index contributed by atoms with van der Waals surface area (Å²) in [5.41, 5.74) is 2.81. The van der Waals surface area contributed by atoms with E-state index in [-0.39, 0.29) is 11.2 Å². The van der Waals surface area contributed by atoms with E-state index >= 15 is 0 Å². The van der Waals surface area contributed by atoms with Crippen molar-refractivity contribution < 1.29 is 4.79 Å². The minimum atomic E-state index is -0.328. The number of nitriles is 1. The van der Waals surface area contributed by atoms with Crippen molar-refractivity contribution in [3.63, 3.8) is 0 Å². The molecule has 0 fully saturated rings. The lowest BCUT2D eigenvalue weighted by Crippen LogP contribution is -2.25. The van der Waals surface area contributed by atoms with E-state index in [4.69, 9.17) is 4.98 Å². The highest BCUT2D eigenvalue weighted by molar-refractivity contribution is 8.00. The van der Waals surface area contributed by atoms with E-state index in [2.05, 4.69) is 21.6 Å². The summed E-state index contributed by atoms with van der Waals surface area (Å²) in [6.45, 7) is 3.79. The number of nitrogens with zero attached hydrogens (tertiary/aromatic N) is 4. The summed E-state index contributed by atoms with van der Waals surface area (Å²) in [5.74, 6) is -0.132. The topological polar surface area (TPSA) is 91.6 Å². The molecule has 2 aromatic rings. The highest BCUT2D eigenvalue weighted by Gasteiger charge is 2.23. The van der Waals surface area contributed by atoms with E-state index in [0.29, 0.717) is 22.1 Å². The summed E-state index contributed by atoms with van der Waals surface area (Å²) in [5, 5.41) is 21.7. The van der Waals surface area contributed by atoms with Crippen LogP contribution < -0.4 is 5.32 Å². The van der Waals surface area contributed by atoms with Gasteiger partial charge in [0.05, 0.1) is 10.8 Å². The molecule has 0 spiro atoms. The Morgan fingerprint density at radius 2 is 2.24 bits per heavy atom. The van der Waals surface area contributed by atoms with Crippen molar-refractivity contribution in [1.82, 2.24) is 15.2 Å². The molecule has 3 rings (SSSR count). The molecule has 1 amide bonds. The number of thioether (sulfide) groups is 1. The fourth-order valence-corrected chi connectivity index (χ4v) is 4.37. The van der Waals surface area contributed by atoms with Gasteiger partial charge in [0.25, 0.3) is 0 Å². The number of carbonyl (C=O) groups excluding carboxylic acids is 1. The van der Waals surface area contributed by atoms with Crippen molar-refractivity contribution in [3.8, 4) is 6.07 Å². The molecule has 1 N–H and O–H groups in total. The van der Waals surface area contributed by atoms with Crippen LogP contribution in [0.2, 0.25) is 0 Å². The first kappa shape index (κ1) is 17.8. The number of hydrogen-bond donors (Lipinski definition) is 1. The number of fused-ring (bicyclic) bond motifs is 1. The maximum absolute atomic E-state index is 12.5. The Kier molecular flexibility index (Phi) is 5.66. The Morgan fingerprint density at radius 1 is 1.44 bits per heavy atom. The van der Waals surface area contributed by atoms with Crippen molar-refractivity contribution >= 4 is 34.1 Å². The van der Waals surface area contributed by atoms with E-state index in [1.54, 1.807) is 0 Å². The van der Waals surface area contributed by atoms with Gasteiger partial charge in [-0.25, -0.2) is 4.98 Å². The lowest BCUT2D eigenvalue weighted by Gasteiger charge is -2.18. The predicted molar refractivity (Wildman–Crippen MR) is 98.8 cm³/mol. The van der Waals surface area contributed by atoms with Crippen LogP contribution >= 0.6 is 23.1 Å². The number of nitrogens with one attached hydrogen (secondary N) is 1. The predicted octanol–water partition coefficient (Wildman–Crippen LogP) is 3.50. The molecule has 25 heavy (non-hydrogen) atoms. The van der Waals surface area contributed by atoms with Gasteiger partial charge in [-0.1, -0.05) is 30.0 Å². The molecule has 0 radical (unpaired) electrons. The number of hydrogen-bond acceptors (Lipinski definition) is 7. The molecule has 1 aliphatic carbocycles. The zero-order chi connectivity index (χ0) is 17.8. The van der Waals surface area contributed by atoms with E-state index < -0.39 is 0 Å². The van der Waals surface area contributed by atoms with Crippen LogP contribution in [-0.2, 0) is 17.6 Å². The van der Waals surface area contributed by atoms with Crippen LogP contribution in [0, 0.1) is 18.3 Å². The fourth-order valence-electron chi connectivity index (χ4n) is 2.77. The Hall–Kier alpha value is -1.98. The van der Waals surface area contributed by atoms with Gasteiger partial charge in [0.15, 0.2) is 0 Å². The van der Waals surface area contributed by atoms with Crippen LogP contribution in [0.15, 0.2) is 11.1 Å².